The first-order chi connectivity index (χ1) is 13.9. The Morgan fingerprint density at radius 1 is 1.00 bits per heavy atom. The largest absolute Gasteiger partial charge is 0.461 e. The maximum absolute atomic E-state index is 12.2. The topological polar surface area (TPSA) is 64.2 Å². The number of nitrogens with one attached hydrogen (secondary N) is 1. The molecule has 3 aromatic rings. The summed E-state index contributed by atoms with van der Waals surface area (Å²) in [5.41, 5.74) is 2.02. The molecular formula is C23H28N2O3Si. The highest BCUT2D eigenvalue weighted by molar-refractivity contribution is 6.32. The van der Waals surface area contributed by atoms with Crippen molar-refractivity contribution in [3.63, 3.8) is 0 Å². The number of H-pyrrole nitrogens is 1. The van der Waals surface area contributed by atoms with Crippen LogP contribution >= 0.6 is 0 Å². The van der Waals surface area contributed by atoms with Crippen molar-refractivity contribution in [3.8, 4) is 0 Å². The Balaban J connectivity index is 2.20. The average molecular weight is 409 g/mol. The van der Waals surface area contributed by atoms with Crippen LogP contribution in [0.4, 0.5) is 0 Å². The molecular weight excluding hydrogens is 380 g/mol. The second kappa shape index (κ2) is 8.76. The van der Waals surface area contributed by atoms with Crippen LogP contribution in [0.25, 0.3) is 0 Å². The van der Waals surface area contributed by atoms with E-state index >= 15 is 0 Å². The molecule has 0 amide bonds. The Morgan fingerprint density at radius 2 is 1.55 bits per heavy atom. The van der Waals surface area contributed by atoms with E-state index in [9.17, 15) is 4.79 Å². The number of benzene rings is 2. The molecule has 0 aliphatic heterocycles. The number of hydrogen-bond acceptors (Lipinski definition) is 4. The lowest BCUT2D eigenvalue weighted by molar-refractivity contribution is 0.0519. The molecule has 0 spiro atoms. The second-order valence-corrected chi connectivity index (χ2v) is 10.8. The molecule has 1 heterocycles. The van der Waals surface area contributed by atoms with Gasteiger partial charge in [-0.1, -0.05) is 81.4 Å². The molecule has 0 aliphatic rings. The molecule has 29 heavy (non-hydrogen) atoms. The van der Waals surface area contributed by atoms with Gasteiger partial charge in [-0.05, 0) is 29.2 Å². The number of rotatable bonds is 7. The monoisotopic (exact) mass is 408 g/mol. The first-order valence-electron chi connectivity index (χ1n) is 9.85. The number of aromatic nitrogens is 2. The summed E-state index contributed by atoms with van der Waals surface area (Å²) in [6.45, 7) is 8.66. The zero-order valence-electron chi connectivity index (χ0n) is 17.4. The molecule has 0 saturated carbocycles. The van der Waals surface area contributed by atoms with Crippen molar-refractivity contribution in [2.24, 2.45) is 0 Å². The van der Waals surface area contributed by atoms with Crippen molar-refractivity contribution in [1.29, 1.82) is 0 Å². The van der Waals surface area contributed by atoms with Crippen molar-refractivity contribution in [2.45, 2.75) is 38.3 Å². The molecule has 5 nitrogen and oxygen atoms in total. The molecule has 0 saturated heterocycles. The minimum atomic E-state index is -0.976. The maximum Gasteiger partial charge on any atom is 0.356 e. The van der Waals surface area contributed by atoms with Gasteiger partial charge in [-0.3, -0.25) is 5.10 Å². The number of hydrogen-bond donors (Lipinski definition) is 1. The lowest BCUT2D eigenvalue weighted by Crippen LogP contribution is -2.36. The normalized spacial score (nSPS) is 12.4. The van der Waals surface area contributed by atoms with E-state index in [1.165, 1.54) is 0 Å². The highest BCUT2D eigenvalue weighted by Crippen LogP contribution is 2.41. The number of aromatic amines is 1. The van der Waals surface area contributed by atoms with Crippen LogP contribution in [0.15, 0.2) is 66.7 Å². The number of ether oxygens (including phenoxy) is 1. The summed E-state index contributed by atoms with van der Waals surface area (Å²) in [5, 5.41) is 7.44. The standard InChI is InChI=1S/C23H28N2O3Si/c1-5-27-21(26)19-16-20(25-24-19)23(28-29-22(2,3)4,17-12-8-6-9-13-17)18-14-10-7-11-15-18/h6-16H,5,29H2,1-4H3,(H,24,25). The lowest BCUT2D eigenvalue weighted by atomic mass is 9.83. The summed E-state index contributed by atoms with van der Waals surface area (Å²) < 4.78 is 11.9. The molecule has 2 aromatic carbocycles. The number of carbonyl (C=O) groups is 1. The predicted octanol–water partition coefficient (Wildman–Crippen LogP) is 4.20. The predicted molar refractivity (Wildman–Crippen MR) is 117 cm³/mol. The number of carbonyl (C=O) groups excluding carboxylic acids is 1. The van der Waals surface area contributed by atoms with Gasteiger partial charge in [0.05, 0.1) is 6.61 Å². The van der Waals surface area contributed by atoms with E-state index in [0.717, 1.165) is 11.1 Å². The van der Waals surface area contributed by atoms with E-state index < -0.39 is 21.3 Å². The van der Waals surface area contributed by atoms with E-state index in [1.807, 2.05) is 60.7 Å². The van der Waals surface area contributed by atoms with Crippen molar-refractivity contribution in [2.75, 3.05) is 6.61 Å². The summed E-state index contributed by atoms with van der Waals surface area (Å²) in [6, 6.07) is 21.9. The molecule has 0 bridgehead atoms. The molecule has 0 unspecified atom stereocenters. The van der Waals surface area contributed by atoms with Gasteiger partial charge in [0, 0.05) is 0 Å². The Morgan fingerprint density at radius 3 is 2.03 bits per heavy atom. The summed E-state index contributed by atoms with van der Waals surface area (Å²) in [4.78, 5) is 12.2. The van der Waals surface area contributed by atoms with E-state index in [4.69, 9.17) is 9.16 Å². The molecule has 0 atom stereocenters. The van der Waals surface area contributed by atoms with Crippen LogP contribution in [0.5, 0.6) is 0 Å². The van der Waals surface area contributed by atoms with Crippen LogP contribution < -0.4 is 0 Å². The SMILES string of the molecule is CCOC(=O)c1cc(C(O[SiH2]C(C)(C)C)(c2ccccc2)c2ccccc2)n[nH]1. The van der Waals surface area contributed by atoms with Gasteiger partial charge in [0.25, 0.3) is 0 Å². The maximum atomic E-state index is 12.2. The van der Waals surface area contributed by atoms with Gasteiger partial charge in [0.15, 0.2) is 15.4 Å². The average Bonchev–Trinajstić information content (AvgIpc) is 3.20. The molecule has 0 radical (unpaired) electrons. The molecule has 3 rings (SSSR count). The number of nitrogens with zero attached hydrogens (tertiary/aromatic N) is 1. The van der Waals surface area contributed by atoms with Gasteiger partial charge in [0.2, 0.25) is 0 Å². The van der Waals surface area contributed by atoms with Crippen LogP contribution in [0.3, 0.4) is 0 Å². The lowest BCUT2D eigenvalue weighted by Gasteiger charge is -2.36. The second-order valence-electron chi connectivity index (χ2n) is 8.15. The smallest absolute Gasteiger partial charge is 0.356 e. The fourth-order valence-corrected chi connectivity index (χ4v) is 4.32. The van der Waals surface area contributed by atoms with E-state index in [1.54, 1.807) is 13.0 Å². The third-order valence-corrected chi connectivity index (χ3v) is 5.96. The van der Waals surface area contributed by atoms with E-state index in [-0.39, 0.29) is 5.04 Å². The van der Waals surface area contributed by atoms with Crippen molar-refractivity contribution in [1.82, 2.24) is 10.2 Å². The molecule has 0 aliphatic carbocycles. The third-order valence-electron chi connectivity index (χ3n) is 4.52. The summed E-state index contributed by atoms with van der Waals surface area (Å²) in [5.74, 6) is -0.422. The molecule has 6 heteroatoms. The van der Waals surface area contributed by atoms with Crippen LogP contribution in [0, 0.1) is 0 Å². The van der Waals surface area contributed by atoms with Crippen LogP contribution in [-0.4, -0.2) is 32.5 Å². The summed E-state index contributed by atoms with van der Waals surface area (Å²) in [7, 11) is -0.976. The van der Waals surface area contributed by atoms with Crippen molar-refractivity contribution < 1.29 is 14.0 Å². The molecule has 1 aromatic heterocycles. The van der Waals surface area contributed by atoms with Gasteiger partial charge in [-0.25, -0.2) is 4.79 Å². The van der Waals surface area contributed by atoms with Gasteiger partial charge < -0.3 is 9.16 Å². The minimum absolute atomic E-state index is 0.0785. The Labute approximate surface area is 174 Å². The van der Waals surface area contributed by atoms with Crippen molar-refractivity contribution in [3.05, 3.63) is 89.2 Å². The fraction of sp³-hybridized carbons (Fsp3) is 0.304. The van der Waals surface area contributed by atoms with Gasteiger partial charge >= 0.3 is 5.97 Å². The van der Waals surface area contributed by atoms with Gasteiger partial charge in [0.1, 0.15) is 11.4 Å². The third kappa shape index (κ3) is 4.66. The summed E-state index contributed by atoms with van der Waals surface area (Å²) in [6.07, 6.45) is 0. The van der Waals surface area contributed by atoms with Crippen LogP contribution in [-0.2, 0) is 14.8 Å². The Kier molecular flexibility index (Phi) is 6.35. The highest BCUT2D eigenvalue weighted by atomic mass is 28.2. The van der Waals surface area contributed by atoms with Crippen molar-refractivity contribution >= 4 is 15.7 Å². The summed E-state index contributed by atoms with van der Waals surface area (Å²) >= 11 is 0. The van der Waals surface area contributed by atoms with E-state index in [0.29, 0.717) is 18.0 Å². The number of esters is 1. The zero-order valence-corrected chi connectivity index (χ0v) is 18.9. The fourth-order valence-electron chi connectivity index (χ4n) is 3.19. The Bertz CT molecular complexity index is 894. The Hall–Kier alpha value is -2.70. The van der Waals surface area contributed by atoms with E-state index in [2.05, 4.69) is 31.0 Å². The van der Waals surface area contributed by atoms with Crippen LogP contribution in [0.1, 0.15) is 55.0 Å². The highest BCUT2D eigenvalue weighted by Gasteiger charge is 2.41. The van der Waals surface area contributed by atoms with Crippen LogP contribution in [0.2, 0.25) is 5.04 Å². The van der Waals surface area contributed by atoms with Gasteiger partial charge in [-0.15, -0.1) is 0 Å². The molecule has 0 fully saturated rings. The quantitative estimate of drug-likeness (QED) is 0.470. The molecule has 1 N–H and O–H groups in total. The van der Waals surface area contributed by atoms with Gasteiger partial charge in [-0.2, -0.15) is 5.10 Å². The molecule has 152 valence electrons. The first-order valence-corrected chi connectivity index (χ1v) is 11.1. The zero-order chi connectivity index (χ0) is 20.9. The first kappa shape index (κ1) is 21.0. The minimum Gasteiger partial charge on any atom is -0.461 e.